The highest BCUT2D eigenvalue weighted by atomic mass is 16.3. The van der Waals surface area contributed by atoms with Crippen LogP contribution in [0.5, 0.6) is 11.5 Å². The van der Waals surface area contributed by atoms with Crippen LogP contribution in [0.2, 0.25) is 0 Å². The van der Waals surface area contributed by atoms with Crippen molar-refractivity contribution in [3.05, 3.63) is 23.3 Å². The smallest absolute Gasteiger partial charge is 0.161 e. The largest absolute Gasteiger partial charge is 0.504 e. The maximum atomic E-state index is 9.75. The molecule has 0 aliphatic heterocycles. The molecule has 0 amide bonds. The van der Waals surface area contributed by atoms with Gasteiger partial charge < -0.3 is 10.2 Å². The fourth-order valence-electron chi connectivity index (χ4n) is 1.54. The molecule has 0 bridgehead atoms. The van der Waals surface area contributed by atoms with Gasteiger partial charge in [-0.05, 0) is 11.8 Å². The third-order valence-electron chi connectivity index (χ3n) is 2.46. The van der Waals surface area contributed by atoms with Gasteiger partial charge in [0.15, 0.2) is 11.5 Å². The molecule has 78 valence electrons. The zero-order chi connectivity index (χ0) is 10.9. The van der Waals surface area contributed by atoms with Crippen LogP contribution in [0, 0.1) is 0 Å². The van der Waals surface area contributed by atoms with Gasteiger partial charge in [-0.2, -0.15) is 0 Å². The number of benzene rings is 1. The molecule has 0 radical (unpaired) electrons. The molecule has 0 saturated carbocycles. The van der Waals surface area contributed by atoms with Crippen LogP contribution in [0.1, 0.15) is 50.7 Å². The summed E-state index contributed by atoms with van der Waals surface area (Å²) >= 11 is 0. The molecule has 0 unspecified atom stereocenters. The van der Waals surface area contributed by atoms with E-state index in [4.69, 9.17) is 0 Å². The van der Waals surface area contributed by atoms with Crippen LogP contribution in [0.15, 0.2) is 12.1 Å². The summed E-state index contributed by atoms with van der Waals surface area (Å²) in [7, 11) is 0. The summed E-state index contributed by atoms with van der Waals surface area (Å²) in [6.45, 7) is 7.96. The lowest BCUT2D eigenvalue weighted by Gasteiger charge is -2.14. The maximum Gasteiger partial charge on any atom is 0.161 e. The first kappa shape index (κ1) is 10.9. The van der Waals surface area contributed by atoms with Crippen LogP contribution >= 0.6 is 0 Å². The van der Waals surface area contributed by atoms with Crippen LogP contribution in [0.25, 0.3) is 0 Å². The lowest BCUT2D eigenvalue weighted by atomic mass is 9.95. The van der Waals surface area contributed by atoms with Gasteiger partial charge in [0.05, 0.1) is 0 Å². The Bertz CT molecular complexity index is 294. The van der Waals surface area contributed by atoms with Crippen molar-refractivity contribution in [2.75, 3.05) is 0 Å². The van der Waals surface area contributed by atoms with Gasteiger partial charge in [-0.15, -0.1) is 0 Å². The monoisotopic (exact) mass is 194 g/mol. The number of aromatic hydroxyl groups is 2. The van der Waals surface area contributed by atoms with E-state index in [-0.39, 0.29) is 23.3 Å². The van der Waals surface area contributed by atoms with Gasteiger partial charge in [-0.3, -0.25) is 0 Å². The lowest BCUT2D eigenvalue weighted by molar-refractivity contribution is 0.391. The Hall–Kier alpha value is -1.18. The number of hydrogen-bond acceptors (Lipinski definition) is 2. The summed E-state index contributed by atoms with van der Waals surface area (Å²) in [4.78, 5) is 0. The predicted molar refractivity (Wildman–Crippen MR) is 57.9 cm³/mol. The topological polar surface area (TPSA) is 40.5 Å². The Morgan fingerprint density at radius 2 is 1.07 bits per heavy atom. The van der Waals surface area contributed by atoms with E-state index in [0.717, 1.165) is 11.1 Å². The normalized spacial score (nSPS) is 11.3. The Morgan fingerprint density at radius 1 is 0.786 bits per heavy atom. The molecule has 0 fully saturated rings. The van der Waals surface area contributed by atoms with E-state index in [0.29, 0.717) is 0 Å². The number of rotatable bonds is 2. The average molecular weight is 194 g/mol. The van der Waals surface area contributed by atoms with Crippen molar-refractivity contribution in [2.24, 2.45) is 0 Å². The van der Waals surface area contributed by atoms with Gasteiger partial charge in [0, 0.05) is 11.1 Å². The molecule has 0 spiro atoms. The average Bonchev–Trinajstić information content (AvgIpc) is 2.08. The van der Waals surface area contributed by atoms with Gasteiger partial charge in [-0.1, -0.05) is 39.8 Å². The summed E-state index contributed by atoms with van der Waals surface area (Å²) < 4.78 is 0. The second kappa shape index (κ2) is 3.91. The first-order valence-electron chi connectivity index (χ1n) is 4.99. The molecule has 0 saturated heterocycles. The summed E-state index contributed by atoms with van der Waals surface area (Å²) in [5.74, 6) is 0.515. The molecule has 1 rings (SSSR count). The van der Waals surface area contributed by atoms with Crippen LogP contribution in [0.3, 0.4) is 0 Å². The van der Waals surface area contributed by atoms with Crippen molar-refractivity contribution in [3.8, 4) is 11.5 Å². The zero-order valence-electron chi connectivity index (χ0n) is 9.20. The van der Waals surface area contributed by atoms with Crippen molar-refractivity contribution in [1.29, 1.82) is 0 Å². The Morgan fingerprint density at radius 3 is 1.29 bits per heavy atom. The van der Waals surface area contributed by atoms with E-state index < -0.39 is 0 Å². The van der Waals surface area contributed by atoms with Gasteiger partial charge in [-0.25, -0.2) is 0 Å². The van der Waals surface area contributed by atoms with Crippen molar-refractivity contribution in [3.63, 3.8) is 0 Å². The first-order chi connectivity index (χ1) is 6.45. The van der Waals surface area contributed by atoms with Crippen molar-refractivity contribution < 1.29 is 10.2 Å². The summed E-state index contributed by atoms with van der Waals surface area (Å²) in [6, 6.07) is 3.77. The second-order valence-corrected chi connectivity index (χ2v) is 4.25. The fraction of sp³-hybridized carbons (Fsp3) is 0.500. The van der Waals surface area contributed by atoms with Crippen molar-refractivity contribution in [1.82, 2.24) is 0 Å². The van der Waals surface area contributed by atoms with Crippen molar-refractivity contribution in [2.45, 2.75) is 39.5 Å². The lowest BCUT2D eigenvalue weighted by Crippen LogP contribution is -1.93. The third-order valence-corrected chi connectivity index (χ3v) is 2.46. The highest BCUT2D eigenvalue weighted by Crippen LogP contribution is 2.39. The molecular weight excluding hydrogens is 176 g/mol. The molecule has 1 aromatic carbocycles. The molecule has 0 atom stereocenters. The molecular formula is C12H18O2. The molecule has 0 aromatic heterocycles. The number of hydrogen-bond donors (Lipinski definition) is 2. The maximum absolute atomic E-state index is 9.75. The molecule has 2 N–H and O–H groups in total. The summed E-state index contributed by atoms with van der Waals surface area (Å²) in [5.41, 5.74) is 1.60. The van der Waals surface area contributed by atoms with Gasteiger partial charge in [0.1, 0.15) is 0 Å². The first-order valence-corrected chi connectivity index (χ1v) is 4.99. The van der Waals surface area contributed by atoms with E-state index in [1.807, 2.05) is 39.8 Å². The fourth-order valence-corrected chi connectivity index (χ4v) is 1.54. The summed E-state index contributed by atoms with van der Waals surface area (Å²) in [6.07, 6.45) is 0. The molecule has 0 aliphatic rings. The summed E-state index contributed by atoms with van der Waals surface area (Å²) in [5, 5.41) is 19.5. The van der Waals surface area contributed by atoms with Gasteiger partial charge >= 0.3 is 0 Å². The van der Waals surface area contributed by atoms with Crippen LogP contribution in [-0.4, -0.2) is 10.2 Å². The van der Waals surface area contributed by atoms with Gasteiger partial charge in [0.2, 0.25) is 0 Å². The predicted octanol–water partition coefficient (Wildman–Crippen LogP) is 3.34. The molecule has 2 heteroatoms. The van der Waals surface area contributed by atoms with E-state index >= 15 is 0 Å². The van der Waals surface area contributed by atoms with Gasteiger partial charge in [0.25, 0.3) is 0 Å². The second-order valence-electron chi connectivity index (χ2n) is 4.25. The van der Waals surface area contributed by atoms with Crippen LogP contribution < -0.4 is 0 Å². The molecule has 0 aliphatic carbocycles. The Balaban J connectivity index is 3.26. The zero-order valence-corrected chi connectivity index (χ0v) is 9.20. The molecule has 0 heterocycles. The minimum absolute atomic E-state index is 0.0335. The van der Waals surface area contributed by atoms with E-state index in [1.54, 1.807) is 0 Å². The molecule has 1 aromatic rings. The minimum Gasteiger partial charge on any atom is -0.504 e. The number of phenolic OH excluding ortho intramolecular Hbond substituents is 2. The SMILES string of the molecule is CC(C)c1ccc(C(C)C)c(O)c1O. The molecule has 2 nitrogen and oxygen atoms in total. The quantitative estimate of drug-likeness (QED) is 0.709. The third kappa shape index (κ3) is 1.84. The molecule has 14 heavy (non-hydrogen) atoms. The van der Waals surface area contributed by atoms with Crippen LogP contribution in [-0.2, 0) is 0 Å². The van der Waals surface area contributed by atoms with E-state index in [1.165, 1.54) is 0 Å². The van der Waals surface area contributed by atoms with E-state index in [2.05, 4.69) is 0 Å². The highest BCUT2D eigenvalue weighted by Gasteiger charge is 2.15. The standard InChI is InChI=1S/C12H18O2/c1-7(2)9-5-6-10(8(3)4)12(14)11(9)13/h5-8,13-14H,1-4H3. The highest BCUT2D eigenvalue weighted by molar-refractivity contribution is 5.52. The minimum atomic E-state index is 0.0335. The van der Waals surface area contributed by atoms with Crippen LogP contribution in [0.4, 0.5) is 0 Å². The van der Waals surface area contributed by atoms with E-state index in [9.17, 15) is 10.2 Å². The number of phenols is 2. The Labute approximate surface area is 85.2 Å². The van der Waals surface area contributed by atoms with Crippen molar-refractivity contribution >= 4 is 0 Å². The Kier molecular flexibility index (Phi) is 3.04.